The van der Waals surface area contributed by atoms with Gasteiger partial charge in [-0.15, -0.1) is 0 Å². The number of carbonyl (C=O) groups is 1. The minimum absolute atomic E-state index is 0.205. The van der Waals surface area contributed by atoms with Crippen molar-refractivity contribution < 1.29 is 23.0 Å². The number of anilines is 1. The van der Waals surface area contributed by atoms with Gasteiger partial charge in [0.1, 0.15) is 18.1 Å². The number of aryl methyl sites for hydroxylation is 1. The predicted octanol–water partition coefficient (Wildman–Crippen LogP) is 3.97. The van der Waals surface area contributed by atoms with Gasteiger partial charge in [0, 0.05) is 43.5 Å². The molecule has 1 amide bonds. The molecule has 3 rings (SSSR count). The minimum Gasteiger partial charge on any atom is -0.497 e. The fourth-order valence-corrected chi connectivity index (χ4v) is 3.08. The van der Waals surface area contributed by atoms with Gasteiger partial charge >= 0.3 is 0 Å². The summed E-state index contributed by atoms with van der Waals surface area (Å²) >= 11 is 0. The molecule has 0 saturated carbocycles. The topological polar surface area (TPSA) is 77.4 Å². The molecule has 0 atom stereocenters. The first-order valence-electron chi connectivity index (χ1n) is 10.1. The number of carbonyl (C=O) groups excluding carboxylic acids is 1. The first-order chi connectivity index (χ1) is 15.3. The fraction of sp³-hybridized carbons (Fsp3) is 0.304. The van der Waals surface area contributed by atoms with Gasteiger partial charge in [-0.1, -0.05) is 6.07 Å². The lowest BCUT2D eigenvalue weighted by Gasteiger charge is -2.15. The lowest BCUT2D eigenvalue weighted by molar-refractivity contribution is 0.0222. The number of methoxy groups -OCH3 is 1. The molecule has 7 nitrogen and oxygen atoms in total. The monoisotopic (exact) mass is 444 g/mol. The lowest BCUT2D eigenvalue weighted by Crippen LogP contribution is -2.32. The second kappa shape index (κ2) is 10.2. The molecule has 2 N–H and O–H groups in total. The van der Waals surface area contributed by atoms with Crippen molar-refractivity contribution in [3.05, 3.63) is 60.3 Å². The Morgan fingerprint density at radius 3 is 2.69 bits per heavy atom. The predicted molar refractivity (Wildman–Crippen MR) is 119 cm³/mol. The summed E-state index contributed by atoms with van der Waals surface area (Å²) in [4.78, 5) is 12.7. The number of hydrogen-bond acceptors (Lipinski definition) is 5. The van der Waals surface area contributed by atoms with E-state index in [0.717, 1.165) is 12.6 Å². The van der Waals surface area contributed by atoms with Crippen LogP contribution >= 0.6 is 0 Å². The molecule has 0 unspecified atom stereocenters. The van der Waals surface area contributed by atoms with Crippen molar-refractivity contribution in [2.45, 2.75) is 12.8 Å². The molecule has 170 valence electrons. The molecule has 1 heterocycles. The minimum atomic E-state index is -2.78. The molecule has 9 heteroatoms. The van der Waals surface area contributed by atoms with Crippen molar-refractivity contribution in [2.75, 3.05) is 32.1 Å². The normalized spacial score (nSPS) is 11.3. The Bertz CT molecular complexity index is 1060. The van der Waals surface area contributed by atoms with Crippen molar-refractivity contribution in [3.63, 3.8) is 0 Å². The van der Waals surface area contributed by atoms with Crippen LogP contribution in [0.1, 0.15) is 17.3 Å². The van der Waals surface area contributed by atoms with E-state index in [1.54, 1.807) is 67.5 Å². The van der Waals surface area contributed by atoms with E-state index in [0.29, 0.717) is 28.3 Å². The molecular formula is C23H26F2N4O3. The first-order valence-corrected chi connectivity index (χ1v) is 10.1. The van der Waals surface area contributed by atoms with Crippen LogP contribution < -0.4 is 20.1 Å². The smallest absolute Gasteiger partial charge is 0.257 e. The highest BCUT2D eigenvalue weighted by molar-refractivity contribution is 6.04. The first kappa shape index (κ1) is 23.2. The molecule has 3 aromatic rings. The van der Waals surface area contributed by atoms with Gasteiger partial charge in [-0.3, -0.25) is 9.48 Å². The van der Waals surface area contributed by atoms with Crippen molar-refractivity contribution in [2.24, 2.45) is 7.05 Å². The van der Waals surface area contributed by atoms with Crippen LogP contribution in [0, 0.1) is 0 Å². The highest BCUT2D eigenvalue weighted by Crippen LogP contribution is 2.32. The maximum Gasteiger partial charge on any atom is 0.257 e. The lowest BCUT2D eigenvalue weighted by atomic mass is 10.1. The highest BCUT2D eigenvalue weighted by atomic mass is 19.3. The summed E-state index contributed by atoms with van der Waals surface area (Å²) in [5, 5.41) is 9.73. The summed E-state index contributed by atoms with van der Waals surface area (Å²) in [6.07, 6.45) is 1.66. The van der Waals surface area contributed by atoms with Gasteiger partial charge in [0.25, 0.3) is 11.8 Å². The standard InChI is InChI=1S/C23H26F2N4O3/c1-23(24,25)15-26-11-12-32-21-8-7-17(14-19(21)20-9-10-27-29(20)2)28-22(30)16-5-4-6-18(13-16)31-3/h4-10,13-14,26H,11-12,15H2,1-3H3,(H,28,30). The van der Waals surface area contributed by atoms with E-state index in [4.69, 9.17) is 9.47 Å². The fourth-order valence-electron chi connectivity index (χ4n) is 3.08. The van der Waals surface area contributed by atoms with Gasteiger partial charge in [0.15, 0.2) is 0 Å². The SMILES string of the molecule is COc1cccc(C(=O)Nc2ccc(OCCNCC(C)(F)F)c(-c3ccnn3C)c2)c1. The Hall–Kier alpha value is -3.46. The summed E-state index contributed by atoms with van der Waals surface area (Å²) in [6, 6.07) is 13.9. The number of halogens is 2. The van der Waals surface area contributed by atoms with E-state index in [-0.39, 0.29) is 19.1 Å². The van der Waals surface area contributed by atoms with Gasteiger partial charge < -0.3 is 20.1 Å². The van der Waals surface area contributed by atoms with Crippen LogP contribution in [-0.4, -0.2) is 48.4 Å². The molecular weight excluding hydrogens is 418 g/mol. The van der Waals surface area contributed by atoms with Gasteiger partial charge in [-0.2, -0.15) is 5.10 Å². The van der Waals surface area contributed by atoms with Crippen LogP contribution in [-0.2, 0) is 7.05 Å². The van der Waals surface area contributed by atoms with Gasteiger partial charge in [0.05, 0.1) is 19.3 Å². The highest BCUT2D eigenvalue weighted by Gasteiger charge is 2.19. The number of amides is 1. The number of nitrogens with zero attached hydrogens (tertiary/aromatic N) is 2. The number of alkyl halides is 2. The van der Waals surface area contributed by atoms with Crippen LogP contribution in [0.3, 0.4) is 0 Å². The Morgan fingerprint density at radius 2 is 2.00 bits per heavy atom. The van der Waals surface area contributed by atoms with Crippen molar-refractivity contribution in [1.82, 2.24) is 15.1 Å². The zero-order chi connectivity index (χ0) is 23.1. The number of rotatable bonds is 10. The Balaban J connectivity index is 1.76. The molecule has 0 fully saturated rings. The second-order valence-corrected chi connectivity index (χ2v) is 7.33. The summed E-state index contributed by atoms with van der Waals surface area (Å²) in [6.45, 7) is 0.916. The van der Waals surface area contributed by atoms with Crippen molar-refractivity contribution >= 4 is 11.6 Å². The zero-order valence-corrected chi connectivity index (χ0v) is 18.2. The van der Waals surface area contributed by atoms with Crippen LogP contribution in [0.25, 0.3) is 11.3 Å². The molecule has 0 radical (unpaired) electrons. The van der Waals surface area contributed by atoms with E-state index >= 15 is 0 Å². The van der Waals surface area contributed by atoms with Gasteiger partial charge in [-0.25, -0.2) is 8.78 Å². The zero-order valence-electron chi connectivity index (χ0n) is 18.2. The average molecular weight is 444 g/mol. The third-order valence-electron chi connectivity index (χ3n) is 4.64. The molecule has 0 aliphatic carbocycles. The van der Waals surface area contributed by atoms with Crippen molar-refractivity contribution in [1.29, 1.82) is 0 Å². The van der Waals surface area contributed by atoms with Gasteiger partial charge in [-0.05, 0) is 42.5 Å². The van der Waals surface area contributed by atoms with E-state index in [2.05, 4.69) is 15.7 Å². The molecule has 0 saturated heterocycles. The molecule has 32 heavy (non-hydrogen) atoms. The molecule has 0 spiro atoms. The number of hydrogen-bond donors (Lipinski definition) is 2. The Labute approximate surface area is 185 Å². The third kappa shape index (κ3) is 6.27. The second-order valence-electron chi connectivity index (χ2n) is 7.33. The van der Waals surface area contributed by atoms with Crippen molar-refractivity contribution in [3.8, 4) is 22.8 Å². The number of nitrogens with one attached hydrogen (secondary N) is 2. The van der Waals surface area contributed by atoms with Crippen LogP contribution in [0.15, 0.2) is 54.7 Å². The Morgan fingerprint density at radius 1 is 1.19 bits per heavy atom. The van der Waals surface area contributed by atoms with Crippen LogP contribution in [0.2, 0.25) is 0 Å². The van der Waals surface area contributed by atoms with E-state index in [1.165, 1.54) is 0 Å². The quantitative estimate of drug-likeness (QED) is 0.463. The molecule has 0 aliphatic heterocycles. The Kier molecular flexibility index (Phi) is 7.42. The van der Waals surface area contributed by atoms with E-state index < -0.39 is 12.5 Å². The summed E-state index contributed by atoms with van der Waals surface area (Å²) in [7, 11) is 3.34. The summed E-state index contributed by atoms with van der Waals surface area (Å²) < 4.78 is 38.5. The average Bonchev–Trinajstić information content (AvgIpc) is 3.19. The molecule has 1 aromatic heterocycles. The molecule has 0 aliphatic rings. The number of ether oxygens (including phenoxy) is 2. The van der Waals surface area contributed by atoms with E-state index in [9.17, 15) is 13.6 Å². The largest absolute Gasteiger partial charge is 0.497 e. The number of benzene rings is 2. The maximum absolute atomic E-state index is 12.9. The van der Waals surface area contributed by atoms with E-state index in [1.807, 2.05) is 6.07 Å². The van der Waals surface area contributed by atoms with Gasteiger partial charge in [0.2, 0.25) is 0 Å². The summed E-state index contributed by atoms with van der Waals surface area (Å²) in [5.41, 5.74) is 2.54. The maximum atomic E-state index is 12.9. The third-order valence-corrected chi connectivity index (χ3v) is 4.64. The van der Waals surface area contributed by atoms with Crippen LogP contribution in [0.5, 0.6) is 11.5 Å². The molecule has 0 bridgehead atoms. The van der Waals surface area contributed by atoms with Crippen LogP contribution in [0.4, 0.5) is 14.5 Å². The summed E-state index contributed by atoms with van der Waals surface area (Å²) in [5.74, 6) is -1.91. The number of aromatic nitrogens is 2. The molecule has 2 aromatic carbocycles.